The number of hydrogen-bond donors (Lipinski definition) is 0. The molecule has 9 aromatic rings. The van der Waals surface area contributed by atoms with Crippen molar-refractivity contribution < 1.29 is 0 Å². The summed E-state index contributed by atoms with van der Waals surface area (Å²) < 4.78 is 4.79. The van der Waals surface area contributed by atoms with Crippen LogP contribution in [0.1, 0.15) is 26.3 Å². The smallest absolute Gasteiger partial charge is 0.238 e. The van der Waals surface area contributed by atoms with Gasteiger partial charge >= 0.3 is 0 Å². The fourth-order valence-corrected chi connectivity index (χ4v) is 7.95. The zero-order chi connectivity index (χ0) is 32.4. The van der Waals surface area contributed by atoms with E-state index in [0.29, 0.717) is 17.6 Å². The molecule has 5 heteroatoms. The Kier molecular flexibility index (Phi) is 6.53. The van der Waals surface area contributed by atoms with Crippen LogP contribution in [-0.2, 0) is 5.41 Å². The molecule has 3 aromatic heterocycles. The average Bonchev–Trinajstić information content (AvgIpc) is 3.67. The van der Waals surface area contributed by atoms with Crippen molar-refractivity contribution in [3.05, 3.63) is 145 Å². The highest BCUT2D eigenvalue weighted by Gasteiger charge is 2.23. The Morgan fingerprint density at radius 2 is 1.06 bits per heavy atom. The highest BCUT2D eigenvalue weighted by molar-refractivity contribution is 7.26. The molecule has 0 fully saturated rings. The second-order valence-corrected chi connectivity index (χ2v) is 14.4. The lowest BCUT2D eigenvalue weighted by atomic mass is 9.86. The predicted molar refractivity (Wildman–Crippen MR) is 202 cm³/mol. The maximum absolute atomic E-state index is 5.27. The third-order valence-corrected chi connectivity index (χ3v) is 10.4. The van der Waals surface area contributed by atoms with E-state index in [1.807, 2.05) is 35.6 Å². The van der Waals surface area contributed by atoms with Crippen LogP contribution in [0.5, 0.6) is 0 Å². The predicted octanol–water partition coefficient (Wildman–Crippen LogP) is 11.6. The van der Waals surface area contributed by atoms with Crippen LogP contribution in [0.2, 0.25) is 0 Å². The summed E-state index contributed by atoms with van der Waals surface area (Å²) in [4.78, 5) is 15.6. The van der Waals surface area contributed by atoms with Crippen molar-refractivity contribution >= 4 is 53.3 Å². The number of nitrogens with zero attached hydrogens (tertiary/aromatic N) is 4. The van der Waals surface area contributed by atoms with E-state index in [-0.39, 0.29) is 5.41 Å². The Hall–Kier alpha value is -5.65. The van der Waals surface area contributed by atoms with Gasteiger partial charge in [0, 0.05) is 37.4 Å². The van der Waals surface area contributed by atoms with Gasteiger partial charge in [0.25, 0.3) is 0 Å². The second-order valence-electron chi connectivity index (χ2n) is 13.3. The third-order valence-electron chi connectivity index (χ3n) is 9.24. The SMILES string of the molecule is CC(C)(C)c1ccc2c3ccc4c5ccccc5sc4c3n(-c3nc(-c4ccccc4)nc(-c4ccc(-c5ccccc5)cc4)n3)c2c1. The normalized spacial score (nSPS) is 12.1. The van der Waals surface area contributed by atoms with Crippen LogP contribution >= 0.6 is 11.3 Å². The summed E-state index contributed by atoms with van der Waals surface area (Å²) in [6, 6.07) is 49.3. The summed E-state index contributed by atoms with van der Waals surface area (Å²) in [5.41, 5.74) is 7.69. The van der Waals surface area contributed by atoms with Crippen molar-refractivity contribution in [1.82, 2.24) is 19.5 Å². The first-order chi connectivity index (χ1) is 23.4. The van der Waals surface area contributed by atoms with Crippen molar-refractivity contribution in [1.29, 1.82) is 0 Å². The molecular weight excluding hydrogens is 605 g/mol. The van der Waals surface area contributed by atoms with Crippen LogP contribution in [-0.4, -0.2) is 19.5 Å². The molecule has 230 valence electrons. The summed E-state index contributed by atoms with van der Waals surface area (Å²) in [5, 5.41) is 4.90. The molecule has 9 rings (SSSR count). The lowest BCUT2D eigenvalue weighted by Crippen LogP contribution is -2.11. The average molecular weight is 637 g/mol. The Balaban J connectivity index is 1.36. The fourth-order valence-electron chi connectivity index (χ4n) is 6.71. The van der Waals surface area contributed by atoms with Gasteiger partial charge in [0.1, 0.15) is 0 Å². The number of thiophene rings is 1. The zero-order valence-corrected chi connectivity index (χ0v) is 27.8. The molecule has 0 aliphatic carbocycles. The molecule has 0 atom stereocenters. The summed E-state index contributed by atoms with van der Waals surface area (Å²) in [6.07, 6.45) is 0. The molecule has 3 heterocycles. The minimum absolute atomic E-state index is 0.0254. The first-order valence-electron chi connectivity index (χ1n) is 16.3. The molecule has 0 amide bonds. The van der Waals surface area contributed by atoms with Gasteiger partial charge in [-0.05, 0) is 34.2 Å². The molecule has 4 nitrogen and oxygen atoms in total. The highest BCUT2D eigenvalue weighted by atomic mass is 32.1. The molecular formula is C43H32N4S. The molecule has 0 saturated carbocycles. The van der Waals surface area contributed by atoms with Crippen LogP contribution in [0.15, 0.2) is 140 Å². The molecule has 48 heavy (non-hydrogen) atoms. The minimum Gasteiger partial charge on any atom is -0.276 e. The van der Waals surface area contributed by atoms with Gasteiger partial charge < -0.3 is 0 Å². The van der Waals surface area contributed by atoms with Gasteiger partial charge in [0.05, 0.1) is 15.7 Å². The van der Waals surface area contributed by atoms with Crippen molar-refractivity contribution in [3.8, 4) is 39.9 Å². The first-order valence-corrected chi connectivity index (χ1v) is 17.1. The molecule has 0 aliphatic rings. The van der Waals surface area contributed by atoms with E-state index in [1.54, 1.807) is 0 Å². The van der Waals surface area contributed by atoms with Crippen molar-refractivity contribution in [3.63, 3.8) is 0 Å². The maximum atomic E-state index is 5.27. The quantitative estimate of drug-likeness (QED) is 0.193. The topological polar surface area (TPSA) is 43.6 Å². The van der Waals surface area contributed by atoms with Crippen LogP contribution < -0.4 is 0 Å². The molecule has 6 aromatic carbocycles. The van der Waals surface area contributed by atoms with Gasteiger partial charge in [-0.3, -0.25) is 4.57 Å². The van der Waals surface area contributed by atoms with Crippen molar-refractivity contribution in [2.75, 3.05) is 0 Å². The van der Waals surface area contributed by atoms with Crippen LogP contribution in [0.3, 0.4) is 0 Å². The van der Waals surface area contributed by atoms with E-state index < -0.39 is 0 Å². The molecule has 0 spiro atoms. The lowest BCUT2D eigenvalue weighted by molar-refractivity contribution is 0.591. The largest absolute Gasteiger partial charge is 0.276 e. The molecule has 0 bridgehead atoms. The number of aromatic nitrogens is 4. The van der Waals surface area contributed by atoms with Crippen molar-refractivity contribution in [2.45, 2.75) is 26.2 Å². The zero-order valence-electron chi connectivity index (χ0n) is 27.0. The van der Waals surface area contributed by atoms with Gasteiger partial charge in [-0.1, -0.05) is 148 Å². The van der Waals surface area contributed by atoms with Crippen LogP contribution in [0.25, 0.3) is 81.8 Å². The Morgan fingerprint density at radius 3 is 1.77 bits per heavy atom. The van der Waals surface area contributed by atoms with E-state index in [4.69, 9.17) is 15.0 Å². The van der Waals surface area contributed by atoms with Gasteiger partial charge in [-0.2, -0.15) is 9.97 Å². The molecule has 0 saturated heterocycles. The van der Waals surface area contributed by atoms with Crippen LogP contribution in [0, 0.1) is 0 Å². The van der Waals surface area contributed by atoms with Crippen molar-refractivity contribution in [2.24, 2.45) is 0 Å². The molecule has 0 aliphatic heterocycles. The lowest BCUT2D eigenvalue weighted by Gasteiger charge is -2.19. The monoisotopic (exact) mass is 636 g/mol. The Labute approximate surface area is 283 Å². The summed E-state index contributed by atoms with van der Waals surface area (Å²) in [5.74, 6) is 1.90. The molecule has 0 unspecified atom stereocenters. The first kappa shape index (κ1) is 28.6. The summed E-state index contributed by atoms with van der Waals surface area (Å²) in [6.45, 7) is 6.79. The molecule has 0 N–H and O–H groups in total. The number of fused-ring (bicyclic) bond motifs is 7. The van der Waals surface area contributed by atoms with Crippen LogP contribution in [0.4, 0.5) is 0 Å². The third kappa shape index (κ3) is 4.70. The maximum Gasteiger partial charge on any atom is 0.238 e. The number of benzene rings is 6. The van der Waals surface area contributed by atoms with Gasteiger partial charge in [0.2, 0.25) is 5.95 Å². The summed E-state index contributed by atoms with van der Waals surface area (Å²) >= 11 is 1.83. The second kappa shape index (κ2) is 11.0. The number of rotatable bonds is 4. The fraction of sp³-hybridized carbons (Fsp3) is 0.0930. The van der Waals surface area contributed by atoms with Gasteiger partial charge in [-0.25, -0.2) is 4.98 Å². The summed E-state index contributed by atoms with van der Waals surface area (Å²) in [7, 11) is 0. The highest BCUT2D eigenvalue weighted by Crippen LogP contribution is 2.43. The van der Waals surface area contributed by atoms with Gasteiger partial charge in [0.15, 0.2) is 11.6 Å². The van der Waals surface area contributed by atoms with E-state index in [0.717, 1.165) is 27.7 Å². The van der Waals surface area contributed by atoms with Gasteiger partial charge in [-0.15, -0.1) is 11.3 Å². The minimum atomic E-state index is -0.0254. The Bertz CT molecular complexity index is 2630. The standard InChI is InChI=1S/C43H32N4S/c1-43(2,3)31-22-23-32-34-24-25-35-33-16-10-11-17-37(33)48-39(35)38(34)47(36(32)26-31)42-45-40(29-14-8-5-9-15-29)44-41(46-42)30-20-18-28(19-21-30)27-12-6-4-7-13-27/h4-26H,1-3H3. The Morgan fingerprint density at radius 1 is 0.500 bits per heavy atom. The molecule has 0 radical (unpaired) electrons. The number of hydrogen-bond acceptors (Lipinski definition) is 4. The van der Waals surface area contributed by atoms with E-state index in [2.05, 4.69) is 141 Å². The van der Waals surface area contributed by atoms with E-state index in [1.165, 1.54) is 42.1 Å². The van der Waals surface area contributed by atoms with E-state index in [9.17, 15) is 0 Å². The van der Waals surface area contributed by atoms with E-state index >= 15 is 0 Å².